The highest BCUT2D eigenvalue weighted by molar-refractivity contribution is 6.26. The molecule has 0 saturated carbocycles. The lowest BCUT2D eigenvalue weighted by Crippen LogP contribution is -2.53. The fourth-order valence-electron chi connectivity index (χ4n) is 6.47. The van der Waals surface area contributed by atoms with Crippen LogP contribution in [0.15, 0.2) is 54.6 Å². The third-order valence-electron chi connectivity index (χ3n) is 8.30. The van der Waals surface area contributed by atoms with E-state index in [2.05, 4.69) is 10.6 Å². The molecule has 3 aromatic rings. The second-order valence-corrected chi connectivity index (χ2v) is 10.3. The van der Waals surface area contributed by atoms with Crippen molar-refractivity contribution in [1.29, 1.82) is 0 Å². The molecule has 1 spiro atoms. The lowest BCUT2D eigenvalue weighted by Gasteiger charge is -2.30. The Balaban J connectivity index is 1.36. The number of carbonyl (C=O) groups excluding carboxylic acids is 3. The van der Waals surface area contributed by atoms with Crippen LogP contribution in [0.4, 0.5) is 11.4 Å². The molecule has 4 aliphatic heterocycles. The van der Waals surface area contributed by atoms with Crippen LogP contribution in [0.3, 0.4) is 0 Å². The van der Waals surface area contributed by atoms with Gasteiger partial charge in [0.15, 0.2) is 23.0 Å². The lowest BCUT2D eigenvalue weighted by molar-refractivity contribution is -0.130. The Bertz CT molecular complexity index is 1590. The number of phenols is 2. The minimum absolute atomic E-state index is 0.0528. The zero-order valence-corrected chi connectivity index (χ0v) is 20.9. The van der Waals surface area contributed by atoms with Gasteiger partial charge in [0, 0.05) is 23.4 Å². The number of amides is 3. The molecule has 0 bridgehead atoms. The first-order chi connectivity index (χ1) is 18.8. The number of nitrogens with zero attached hydrogens (tertiary/aromatic N) is 1. The van der Waals surface area contributed by atoms with Crippen LogP contribution in [0.1, 0.15) is 23.6 Å². The number of aromatic hydroxyl groups is 2. The number of anilines is 2. The van der Waals surface area contributed by atoms with Gasteiger partial charge in [-0.3, -0.25) is 19.7 Å². The van der Waals surface area contributed by atoms with E-state index in [9.17, 15) is 24.6 Å². The van der Waals surface area contributed by atoms with E-state index in [4.69, 9.17) is 9.47 Å². The number of imide groups is 1. The topological polar surface area (TPSA) is 137 Å². The van der Waals surface area contributed by atoms with Gasteiger partial charge in [-0.05, 0) is 54.3 Å². The summed E-state index contributed by atoms with van der Waals surface area (Å²) >= 11 is 0. The second-order valence-electron chi connectivity index (χ2n) is 10.3. The van der Waals surface area contributed by atoms with Crippen LogP contribution >= 0.6 is 0 Å². The number of fused-ring (bicyclic) bond motifs is 5. The molecule has 10 heteroatoms. The second kappa shape index (κ2) is 8.21. The number of nitrogens with one attached hydrogen (secondary N) is 2. The minimum Gasteiger partial charge on any atom is -0.504 e. The van der Waals surface area contributed by atoms with Crippen LogP contribution in [0.2, 0.25) is 0 Å². The summed E-state index contributed by atoms with van der Waals surface area (Å²) in [6.45, 7) is 2.06. The Hall–Kier alpha value is -4.57. The molecule has 39 heavy (non-hydrogen) atoms. The van der Waals surface area contributed by atoms with Gasteiger partial charge in [0.25, 0.3) is 0 Å². The van der Waals surface area contributed by atoms with E-state index in [1.54, 1.807) is 24.3 Å². The summed E-state index contributed by atoms with van der Waals surface area (Å²) in [5.41, 5.74) is 1.79. The number of ether oxygens (including phenoxy) is 2. The van der Waals surface area contributed by atoms with E-state index in [1.807, 2.05) is 25.1 Å². The SMILES string of the molecule is CCc1ccc2c(c1)[C@@]1(N[C@H](Cc3ccc(O)c(O)c3)[C@H]3C(=O)N(c4ccc5c(c4)OCO5)C(=O)[C@@H]31)C(=O)N2. The first-order valence-electron chi connectivity index (χ1n) is 12.8. The molecule has 3 amide bonds. The Morgan fingerprint density at radius 3 is 2.51 bits per heavy atom. The molecule has 0 unspecified atom stereocenters. The van der Waals surface area contributed by atoms with Crippen LogP contribution in [-0.4, -0.2) is 40.8 Å². The molecule has 0 aliphatic carbocycles. The van der Waals surface area contributed by atoms with Gasteiger partial charge in [0.2, 0.25) is 24.5 Å². The van der Waals surface area contributed by atoms with E-state index < -0.39 is 35.2 Å². The normalized spacial score (nSPS) is 26.3. The van der Waals surface area contributed by atoms with Gasteiger partial charge in [-0.25, -0.2) is 4.90 Å². The molecule has 4 N–H and O–H groups in total. The Labute approximate surface area is 223 Å². The molecule has 198 valence electrons. The Morgan fingerprint density at radius 1 is 0.923 bits per heavy atom. The number of rotatable bonds is 4. The van der Waals surface area contributed by atoms with Gasteiger partial charge < -0.3 is 25.0 Å². The van der Waals surface area contributed by atoms with E-state index in [1.165, 1.54) is 12.1 Å². The number of benzene rings is 3. The van der Waals surface area contributed by atoms with E-state index >= 15 is 0 Å². The average Bonchev–Trinajstić information content (AvgIpc) is 3.65. The fraction of sp³-hybridized carbons (Fsp3) is 0.276. The number of hydrogen-bond acceptors (Lipinski definition) is 8. The van der Waals surface area contributed by atoms with Gasteiger partial charge in [-0.2, -0.15) is 0 Å². The quantitative estimate of drug-likeness (QED) is 0.300. The standard InChI is InChI=1S/C29H25N3O7/c1-2-14-3-6-18-17(9-14)29(28(37)30-18)25-24(19(31-29)10-15-4-7-20(33)21(34)11-15)26(35)32(27(25)36)16-5-8-22-23(12-16)39-13-38-22/h3-9,11-12,19,24-25,31,33-34H,2,10,13H2,1H3,(H,30,37)/t19-,24-,25-,29+/m1/s1. The third kappa shape index (κ3) is 3.21. The maximum Gasteiger partial charge on any atom is 0.250 e. The number of carbonyl (C=O) groups is 3. The largest absolute Gasteiger partial charge is 0.504 e. The number of hydrogen-bond donors (Lipinski definition) is 4. The maximum atomic E-state index is 14.2. The molecule has 3 aromatic carbocycles. The summed E-state index contributed by atoms with van der Waals surface area (Å²) in [6.07, 6.45) is 0.971. The highest BCUT2D eigenvalue weighted by Gasteiger charge is 2.70. The number of phenolic OH excluding ortho intramolecular Hbond substituents is 2. The summed E-state index contributed by atoms with van der Waals surface area (Å²) in [4.78, 5) is 43.2. The number of aryl methyl sites for hydroxylation is 1. The summed E-state index contributed by atoms with van der Waals surface area (Å²) in [6, 6.07) is 14.4. The molecular weight excluding hydrogens is 502 g/mol. The van der Waals surface area contributed by atoms with Gasteiger partial charge >= 0.3 is 0 Å². The molecule has 4 heterocycles. The first kappa shape index (κ1) is 23.5. The molecule has 2 fully saturated rings. The van der Waals surface area contributed by atoms with Gasteiger partial charge in [0.1, 0.15) is 5.54 Å². The molecular formula is C29H25N3O7. The van der Waals surface area contributed by atoms with Crippen LogP contribution in [0, 0.1) is 11.8 Å². The van der Waals surface area contributed by atoms with E-state index in [0.717, 1.165) is 16.9 Å². The van der Waals surface area contributed by atoms with Gasteiger partial charge in [0.05, 0.1) is 17.5 Å². The fourth-order valence-corrected chi connectivity index (χ4v) is 6.47. The van der Waals surface area contributed by atoms with Crippen LogP contribution in [-0.2, 0) is 32.8 Å². The third-order valence-corrected chi connectivity index (χ3v) is 8.30. The lowest BCUT2D eigenvalue weighted by atomic mass is 9.76. The van der Waals surface area contributed by atoms with Gasteiger partial charge in [-0.1, -0.05) is 25.1 Å². The van der Waals surface area contributed by atoms with Gasteiger partial charge in [-0.15, -0.1) is 0 Å². The molecule has 4 aliphatic rings. The van der Waals surface area contributed by atoms with Crippen LogP contribution < -0.4 is 25.0 Å². The summed E-state index contributed by atoms with van der Waals surface area (Å²) in [5, 5.41) is 26.2. The molecule has 4 atom stereocenters. The molecule has 2 saturated heterocycles. The molecule has 7 rings (SSSR count). The van der Waals surface area contributed by atoms with Crippen molar-refractivity contribution in [3.8, 4) is 23.0 Å². The van der Waals surface area contributed by atoms with Crippen molar-refractivity contribution in [2.75, 3.05) is 17.0 Å². The smallest absolute Gasteiger partial charge is 0.250 e. The first-order valence-corrected chi connectivity index (χ1v) is 12.8. The van der Waals surface area contributed by atoms with Crippen molar-refractivity contribution in [1.82, 2.24) is 5.32 Å². The van der Waals surface area contributed by atoms with Crippen LogP contribution in [0.25, 0.3) is 0 Å². The van der Waals surface area contributed by atoms with Crippen LogP contribution in [0.5, 0.6) is 23.0 Å². The summed E-state index contributed by atoms with van der Waals surface area (Å²) in [5.74, 6) is -2.73. The zero-order chi connectivity index (χ0) is 27.1. The van der Waals surface area contributed by atoms with Crippen molar-refractivity contribution in [2.45, 2.75) is 31.3 Å². The predicted molar refractivity (Wildman–Crippen MR) is 139 cm³/mol. The molecule has 10 nitrogen and oxygen atoms in total. The highest BCUT2D eigenvalue weighted by Crippen LogP contribution is 2.54. The van der Waals surface area contributed by atoms with Crippen molar-refractivity contribution in [3.63, 3.8) is 0 Å². The average molecular weight is 528 g/mol. The predicted octanol–water partition coefficient (Wildman–Crippen LogP) is 2.56. The Kier molecular flexibility index (Phi) is 4.96. The van der Waals surface area contributed by atoms with Crippen molar-refractivity contribution < 1.29 is 34.1 Å². The Morgan fingerprint density at radius 2 is 1.72 bits per heavy atom. The van der Waals surface area contributed by atoms with Crippen molar-refractivity contribution >= 4 is 29.1 Å². The molecule has 0 aromatic heterocycles. The van der Waals surface area contributed by atoms with E-state index in [-0.39, 0.29) is 30.6 Å². The monoisotopic (exact) mass is 527 g/mol. The maximum absolute atomic E-state index is 14.2. The zero-order valence-electron chi connectivity index (χ0n) is 20.9. The molecule has 0 radical (unpaired) electrons. The van der Waals surface area contributed by atoms with Crippen molar-refractivity contribution in [2.24, 2.45) is 11.8 Å². The minimum atomic E-state index is -1.45. The summed E-state index contributed by atoms with van der Waals surface area (Å²) < 4.78 is 10.9. The highest BCUT2D eigenvalue weighted by atomic mass is 16.7. The summed E-state index contributed by atoms with van der Waals surface area (Å²) in [7, 11) is 0. The van der Waals surface area contributed by atoms with Crippen molar-refractivity contribution in [3.05, 3.63) is 71.3 Å². The van der Waals surface area contributed by atoms with E-state index in [0.29, 0.717) is 34.0 Å².